The van der Waals surface area contributed by atoms with Gasteiger partial charge in [-0.2, -0.15) is 0 Å². The van der Waals surface area contributed by atoms with Gasteiger partial charge in [0.15, 0.2) is 6.10 Å². The van der Waals surface area contributed by atoms with Crippen molar-refractivity contribution in [2.24, 2.45) is 0 Å². The topological polar surface area (TPSA) is 149 Å². The van der Waals surface area contributed by atoms with Gasteiger partial charge in [-0.25, -0.2) is 4.57 Å². The summed E-state index contributed by atoms with van der Waals surface area (Å²) in [4.78, 5) is 34.7. The summed E-state index contributed by atoms with van der Waals surface area (Å²) in [6.45, 7) is 2.37. The van der Waals surface area contributed by atoms with Gasteiger partial charge in [-0.3, -0.25) is 18.6 Å². The summed E-state index contributed by atoms with van der Waals surface area (Å²) < 4.78 is 32.5. The van der Waals surface area contributed by atoms with E-state index < -0.39 is 51.8 Å². The first-order valence-corrected chi connectivity index (χ1v) is 20.5. The fourth-order valence-corrected chi connectivity index (χ4v) is 6.08. The summed E-state index contributed by atoms with van der Waals surface area (Å²) in [7, 11) is -4.60. The van der Waals surface area contributed by atoms with Gasteiger partial charge in [-0.05, 0) is 12.8 Å². The van der Waals surface area contributed by atoms with Crippen LogP contribution in [0.5, 0.6) is 0 Å². The van der Waals surface area contributed by atoms with Crippen LogP contribution in [-0.4, -0.2) is 65.7 Å². The minimum atomic E-state index is -4.60. The first kappa shape index (κ1) is 46.0. The Labute approximate surface area is 286 Å². The lowest BCUT2D eigenvalue weighted by atomic mass is 10.0. The summed E-state index contributed by atoms with van der Waals surface area (Å²) >= 11 is 0. The second-order valence-electron chi connectivity index (χ2n) is 13.0. The van der Waals surface area contributed by atoms with Gasteiger partial charge in [0.05, 0.1) is 19.8 Å². The zero-order valence-electron chi connectivity index (χ0n) is 30.0. The van der Waals surface area contributed by atoms with E-state index in [4.69, 9.17) is 19.1 Å². The van der Waals surface area contributed by atoms with E-state index in [0.29, 0.717) is 12.8 Å². The van der Waals surface area contributed by atoms with Crippen LogP contribution in [-0.2, 0) is 32.7 Å². The fourth-order valence-electron chi connectivity index (χ4n) is 5.29. The second kappa shape index (κ2) is 33.5. The molecule has 0 radical (unpaired) electrons. The molecule has 0 fully saturated rings. The van der Waals surface area contributed by atoms with E-state index in [1.165, 1.54) is 103 Å². The van der Waals surface area contributed by atoms with Crippen LogP contribution in [0.2, 0.25) is 0 Å². The maximum atomic E-state index is 12.5. The number of phosphoric ester groups is 1. The molecule has 0 saturated carbocycles. The third kappa shape index (κ3) is 33.3. The van der Waals surface area contributed by atoms with E-state index in [9.17, 15) is 24.2 Å². The van der Waals surface area contributed by atoms with Crippen molar-refractivity contribution in [3.05, 3.63) is 0 Å². The number of rotatable bonds is 36. The molecule has 0 aliphatic rings. The number of hydrogen-bond acceptors (Lipinski definition) is 9. The van der Waals surface area contributed by atoms with Crippen molar-refractivity contribution in [3.8, 4) is 0 Å². The highest BCUT2D eigenvalue weighted by molar-refractivity contribution is 7.47. The summed E-state index contributed by atoms with van der Waals surface area (Å²) in [6, 6.07) is 0. The molecule has 47 heavy (non-hydrogen) atoms. The molecule has 0 aromatic heterocycles. The SMILES string of the molecule is CCCCCCCCCCCCCCC(=O)OCC(COP(=O)(O)OC[C@@H](O)CO)OC(=O)CCCCCCCCCCCCCC. The zero-order valence-corrected chi connectivity index (χ0v) is 30.9. The Morgan fingerprint density at radius 2 is 0.915 bits per heavy atom. The minimum Gasteiger partial charge on any atom is -0.462 e. The normalized spacial score (nSPS) is 14.1. The first-order chi connectivity index (χ1) is 22.7. The number of ether oxygens (including phenoxy) is 2. The molecule has 11 heteroatoms. The number of carbonyl (C=O) groups is 2. The van der Waals surface area contributed by atoms with E-state index in [2.05, 4.69) is 18.4 Å². The van der Waals surface area contributed by atoms with E-state index in [0.717, 1.165) is 38.5 Å². The number of unbranched alkanes of at least 4 members (excludes halogenated alkanes) is 22. The number of esters is 2. The number of aliphatic hydroxyl groups excluding tert-OH is 2. The predicted molar refractivity (Wildman–Crippen MR) is 187 cm³/mol. The van der Waals surface area contributed by atoms with Gasteiger partial charge < -0.3 is 24.6 Å². The molecule has 0 spiro atoms. The Hall–Kier alpha value is -1.03. The van der Waals surface area contributed by atoms with E-state index in [1.807, 2.05) is 0 Å². The van der Waals surface area contributed by atoms with Gasteiger partial charge >= 0.3 is 19.8 Å². The van der Waals surface area contributed by atoms with Crippen molar-refractivity contribution in [1.29, 1.82) is 0 Å². The molecule has 0 amide bonds. The lowest BCUT2D eigenvalue weighted by Gasteiger charge is -2.20. The quantitative estimate of drug-likeness (QED) is 0.0329. The molecule has 0 bridgehead atoms. The van der Waals surface area contributed by atoms with Gasteiger partial charge in [-0.1, -0.05) is 155 Å². The van der Waals surface area contributed by atoms with Crippen molar-refractivity contribution in [3.63, 3.8) is 0 Å². The van der Waals surface area contributed by atoms with Gasteiger partial charge in [0.2, 0.25) is 0 Å². The van der Waals surface area contributed by atoms with Crippen molar-refractivity contribution >= 4 is 19.8 Å². The molecule has 0 aromatic rings. The van der Waals surface area contributed by atoms with Crippen molar-refractivity contribution in [1.82, 2.24) is 0 Å². The molecular formula is C36H71O10P. The lowest BCUT2D eigenvalue weighted by Crippen LogP contribution is -2.29. The smallest absolute Gasteiger partial charge is 0.462 e. The van der Waals surface area contributed by atoms with Gasteiger partial charge in [0.25, 0.3) is 0 Å². The maximum Gasteiger partial charge on any atom is 0.472 e. The largest absolute Gasteiger partial charge is 0.472 e. The van der Waals surface area contributed by atoms with Crippen LogP contribution in [0.15, 0.2) is 0 Å². The van der Waals surface area contributed by atoms with Crippen LogP contribution in [0.4, 0.5) is 0 Å². The van der Waals surface area contributed by atoms with Gasteiger partial charge in [0, 0.05) is 12.8 Å². The van der Waals surface area contributed by atoms with Crippen LogP contribution in [0.1, 0.15) is 181 Å². The van der Waals surface area contributed by atoms with Crippen molar-refractivity contribution in [2.75, 3.05) is 26.4 Å². The van der Waals surface area contributed by atoms with Crippen LogP contribution >= 0.6 is 7.82 Å². The summed E-state index contributed by atoms with van der Waals surface area (Å²) in [6.07, 6.45) is 26.4. The monoisotopic (exact) mass is 694 g/mol. The van der Waals surface area contributed by atoms with Crippen LogP contribution < -0.4 is 0 Å². The summed E-state index contributed by atoms with van der Waals surface area (Å²) in [5, 5.41) is 18.2. The highest BCUT2D eigenvalue weighted by Gasteiger charge is 2.27. The summed E-state index contributed by atoms with van der Waals surface area (Å²) in [5.41, 5.74) is 0. The zero-order chi connectivity index (χ0) is 34.9. The second-order valence-corrected chi connectivity index (χ2v) is 14.4. The standard InChI is InChI=1S/C36H71O10P/c1-3-5-7-9-11-13-15-17-19-21-23-25-27-35(39)43-31-34(32-45-47(41,42)44-30-33(38)29-37)46-36(40)28-26-24-22-20-18-16-14-12-10-8-6-4-2/h33-34,37-38H,3-32H2,1-2H3,(H,41,42)/t33-,34?/m0/s1. The Morgan fingerprint density at radius 3 is 1.32 bits per heavy atom. The minimum absolute atomic E-state index is 0.191. The van der Waals surface area contributed by atoms with Crippen LogP contribution in [0.3, 0.4) is 0 Å². The number of carbonyl (C=O) groups excluding carboxylic acids is 2. The molecule has 280 valence electrons. The van der Waals surface area contributed by atoms with E-state index in [1.54, 1.807) is 0 Å². The highest BCUT2D eigenvalue weighted by Crippen LogP contribution is 2.43. The molecule has 0 aliphatic heterocycles. The molecule has 3 N–H and O–H groups in total. The fraction of sp³-hybridized carbons (Fsp3) is 0.944. The molecule has 0 aliphatic carbocycles. The molecule has 0 rings (SSSR count). The average molecular weight is 695 g/mol. The number of hydrogen-bond donors (Lipinski definition) is 3. The molecule has 3 atom stereocenters. The van der Waals surface area contributed by atoms with Gasteiger partial charge in [0.1, 0.15) is 12.7 Å². The van der Waals surface area contributed by atoms with E-state index in [-0.39, 0.29) is 19.4 Å². The Bertz CT molecular complexity index is 766. The summed E-state index contributed by atoms with van der Waals surface area (Å²) in [5.74, 6) is -0.916. The lowest BCUT2D eigenvalue weighted by molar-refractivity contribution is -0.161. The number of phosphoric acid groups is 1. The third-order valence-electron chi connectivity index (χ3n) is 8.26. The Balaban J connectivity index is 4.35. The molecule has 10 nitrogen and oxygen atoms in total. The highest BCUT2D eigenvalue weighted by atomic mass is 31.2. The van der Waals surface area contributed by atoms with Crippen LogP contribution in [0, 0.1) is 0 Å². The molecule has 0 aromatic carbocycles. The molecule has 0 saturated heterocycles. The number of aliphatic hydroxyl groups is 2. The average Bonchev–Trinajstić information content (AvgIpc) is 3.05. The third-order valence-corrected chi connectivity index (χ3v) is 9.21. The first-order valence-electron chi connectivity index (χ1n) is 19.0. The van der Waals surface area contributed by atoms with Crippen molar-refractivity contribution in [2.45, 2.75) is 193 Å². The van der Waals surface area contributed by atoms with Crippen molar-refractivity contribution < 1.29 is 47.8 Å². The Kier molecular flexibility index (Phi) is 32.7. The van der Waals surface area contributed by atoms with E-state index >= 15 is 0 Å². The predicted octanol–water partition coefficient (Wildman–Crippen LogP) is 9.11. The van der Waals surface area contributed by atoms with Gasteiger partial charge in [-0.15, -0.1) is 0 Å². The molecule has 2 unspecified atom stereocenters. The maximum absolute atomic E-state index is 12.5. The molecular weight excluding hydrogens is 623 g/mol. The van der Waals surface area contributed by atoms with Crippen LogP contribution in [0.25, 0.3) is 0 Å². The molecule has 0 heterocycles. The Morgan fingerprint density at radius 1 is 0.553 bits per heavy atom.